The Morgan fingerprint density at radius 3 is 2.20 bits per heavy atom. The number of urea groups is 1. The van der Waals surface area contributed by atoms with Gasteiger partial charge in [-0.2, -0.15) is 0 Å². The molecule has 5 rings (SSSR count). The van der Waals surface area contributed by atoms with Crippen LogP contribution >= 0.6 is 23.2 Å². The number of nitrogens with two attached hydrogens (primary N) is 1. The van der Waals surface area contributed by atoms with Crippen molar-refractivity contribution in [2.45, 2.75) is 52.7 Å². The highest BCUT2D eigenvalue weighted by molar-refractivity contribution is 6.36. The van der Waals surface area contributed by atoms with E-state index in [0.29, 0.717) is 41.7 Å². The van der Waals surface area contributed by atoms with Crippen LogP contribution in [0, 0.1) is 24.0 Å². The zero-order valence-electron chi connectivity index (χ0n) is 34.6. The van der Waals surface area contributed by atoms with Gasteiger partial charge in [-0.3, -0.25) is 19.9 Å². The summed E-state index contributed by atoms with van der Waals surface area (Å²) < 4.78 is 26.4. The molecule has 1 heterocycles. The van der Waals surface area contributed by atoms with E-state index >= 15 is 0 Å². The number of hydrogen-bond acceptors (Lipinski definition) is 6. The van der Waals surface area contributed by atoms with Gasteiger partial charge in [-0.25, -0.2) is 13.6 Å². The number of nitrogens with one attached hydrogen (secondary N) is 5. The molecule has 1 atom stereocenters. The molecule has 4 aromatic carbocycles. The lowest BCUT2D eigenvalue weighted by molar-refractivity contribution is -0.127. The number of carbonyl (C=O) groups is 3. The summed E-state index contributed by atoms with van der Waals surface area (Å²) >= 11 is 13.0. The van der Waals surface area contributed by atoms with Crippen molar-refractivity contribution in [1.82, 2.24) is 25.4 Å². The van der Waals surface area contributed by atoms with Crippen molar-refractivity contribution in [2.24, 2.45) is 5.73 Å². The number of para-hydroxylation sites is 1. The van der Waals surface area contributed by atoms with Crippen LogP contribution in [-0.2, 0) is 22.7 Å². The first-order valence-electron chi connectivity index (χ1n) is 19.5. The van der Waals surface area contributed by atoms with Crippen LogP contribution in [0.15, 0.2) is 91.1 Å². The number of aryl methyl sites for hydroxylation is 1. The minimum absolute atomic E-state index is 0.232. The molecule has 0 fully saturated rings. The van der Waals surface area contributed by atoms with Crippen molar-refractivity contribution in [3.8, 4) is 0 Å². The number of carbonyl (C=O) groups excluding carboxylic acids is 3. The Labute approximate surface area is 360 Å². The van der Waals surface area contributed by atoms with Crippen molar-refractivity contribution in [3.05, 3.63) is 129 Å². The summed E-state index contributed by atoms with van der Waals surface area (Å²) in [5.41, 5.74) is 9.28. The summed E-state index contributed by atoms with van der Waals surface area (Å²) in [5, 5.41) is 19.4. The van der Waals surface area contributed by atoms with Gasteiger partial charge in [-0.05, 0) is 106 Å². The molecule has 0 aliphatic rings. The minimum Gasteiger partial charge on any atom is -0.390 e. The maximum atomic E-state index is 13.3. The van der Waals surface area contributed by atoms with Gasteiger partial charge in [0.2, 0.25) is 11.8 Å². The normalized spacial score (nSPS) is 11.1. The molecule has 0 saturated heterocycles. The predicted octanol–water partition coefficient (Wildman–Crippen LogP) is 7.93. The Bertz CT molecular complexity index is 2150. The molecule has 0 aliphatic heterocycles. The van der Waals surface area contributed by atoms with Gasteiger partial charge in [-0.1, -0.05) is 73.4 Å². The third-order valence-corrected chi connectivity index (χ3v) is 10.1. The highest BCUT2D eigenvalue weighted by Gasteiger charge is 2.25. The SMILES string of the molecule is CCN(CC)Cc1cn(Cc2c(Cl)cccc2Cl)c2cc(NC(=O)NCC(=O)NC(CCCNC)C(=O)N(C)c3ccccc3)ccc12.Cc1ccc(F)c(F)c1.N=CN. The molecule has 12 nitrogen and oxygen atoms in total. The average Bonchev–Trinajstić information content (AvgIpc) is 3.57. The maximum absolute atomic E-state index is 13.3. The van der Waals surface area contributed by atoms with Crippen molar-refractivity contribution in [2.75, 3.05) is 50.5 Å². The lowest BCUT2D eigenvalue weighted by Gasteiger charge is -2.25. The van der Waals surface area contributed by atoms with Gasteiger partial charge < -0.3 is 36.5 Å². The zero-order chi connectivity index (χ0) is 44.2. The van der Waals surface area contributed by atoms with Gasteiger partial charge in [0, 0.05) is 52.2 Å². The van der Waals surface area contributed by atoms with Gasteiger partial charge in [0.05, 0.1) is 24.9 Å². The number of benzene rings is 4. The van der Waals surface area contributed by atoms with E-state index in [-0.39, 0.29) is 12.5 Å². The number of amides is 4. The summed E-state index contributed by atoms with van der Waals surface area (Å²) in [4.78, 5) is 43.0. The third kappa shape index (κ3) is 14.9. The number of fused-ring (bicyclic) bond motifs is 1. The van der Waals surface area contributed by atoms with Crippen LogP contribution in [-0.4, -0.2) is 80.0 Å². The van der Waals surface area contributed by atoms with Crippen LogP contribution in [0.4, 0.5) is 25.0 Å². The molecule has 322 valence electrons. The van der Waals surface area contributed by atoms with Crippen molar-refractivity contribution < 1.29 is 23.2 Å². The zero-order valence-corrected chi connectivity index (χ0v) is 36.1. The van der Waals surface area contributed by atoms with E-state index in [4.69, 9.17) is 28.6 Å². The number of nitrogens with zero attached hydrogens (tertiary/aromatic N) is 3. The second kappa shape index (κ2) is 25.2. The molecule has 16 heteroatoms. The third-order valence-electron chi connectivity index (χ3n) is 9.41. The lowest BCUT2D eigenvalue weighted by atomic mass is 10.1. The second-order valence-electron chi connectivity index (χ2n) is 13.7. The van der Waals surface area contributed by atoms with Crippen LogP contribution in [0.5, 0.6) is 0 Å². The molecule has 0 radical (unpaired) electrons. The molecular formula is C44H55Cl2F2N9O3. The molecule has 1 unspecified atom stereocenters. The fraction of sp³-hybridized carbons (Fsp3) is 0.318. The van der Waals surface area contributed by atoms with Crippen molar-refractivity contribution >= 4 is 69.7 Å². The molecule has 4 amide bonds. The van der Waals surface area contributed by atoms with Crippen LogP contribution < -0.4 is 31.9 Å². The highest BCUT2D eigenvalue weighted by Crippen LogP contribution is 2.30. The fourth-order valence-corrected chi connectivity index (χ4v) is 6.70. The minimum atomic E-state index is -0.791. The number of halogens is 4. The standard InChI is InChI=1S/C36H45Cl2N7O3.C7H6F2.CH4N2/c1-5-44(6-2)22-25-23-45(24-29-30(37)14-10-15-31(29)38)33-20-26(17-18-28(25)33)41-36(48)40-21-34(46)42-32(16-11-19-39-3)35(47)43(4)27-12-8-7-9-13-27;1-5-2-3-6(8)7(9)4-5;2-1-3/h7-10,12-15,17-18,20,23,32,39H,5-6,11,16,19,21-22,24H2,1-4H3,(H,42,46)(H2,40,41,48);2-4H,1H3;1H,(H3,2,3). The second-order valence-corrected chi connectivity index (χ2v) is 14.5. The molecule has 0 aliphatic carbocycles. The van der Waals surface area contributed by atoms with E-state index in [1.54, 1.807) is 14.0 Å². The van der Waals surface area contributed by atoms with Crippen LogP contribution in [0.1, 0.15) is 43.4 Å². The van der Waals surface area contributed by atoms with E-state index in [1.165, 1.54) is 11.0 Å². The largest absolute Gasteiger partial charge is 0.390 e. The Hall–Kier alpha value is -5.54. The van der Waals surface area contributed by atoms with Crippen LogP contribution in [0.25, 0.3) is 10.9 Å². The van der Waals surface area contributed by atoms with Gasteiger partial charge in [-0.15, -0.1) is 0 Å². The molecule has 0 spiro atoms. The summed E-state index contributed by atoms with van der Waals surface area (Å²) in [6.07, 6.45) is 4.00. The van der Waals surface area contributed by atoms with E-state index in [2.05, 4.69) is 56.5 Å². The number of hydrogen-bond donors (Lipinski definition) is 6. The molecule has 0 saturated carbocycles. The smallest absolute Gasteiger partial charge is 0.319 e. The van der Waals surface area contributed by atoms with E-state index in [9.17, 15) is 23.2 Å². The molecular weight excluding hydrogens is 811 g/mol. The van der Waals surface area contributed by atoms with Crippen LogP contribution in [0.3, 0.4) is 0 Å². The topological polar surface area (TPSA) is 161 Å². The molecule has 1 aromatic heterocycles. The summed E-state index contributed by atoms with van der Waals surface area (Å²) in [7, 11) is 3.52. The Morgan fingerprint density at radius 1 is 0.933 bits per heavy atom. The summed E-state index contributed by atoms with van der Waals surface area (Å²) in [5.74, 6) is -2.27. The molecule has 7 N–H and O–H groups in total. The lowest BCUT2D eigenvalue weighted by Crippen LogP contribution is -2.50. The maximum Gasteiger partial charge on any atom is 0.319 e. The van der Waals surface area contributed by atoms with Gasteiger partial charge in [0.25, 0.3) is 0 Å². The van der Waals surface area contributed by atoms with E-state index < -0.39 is 29.6 Å². The first-order valence-corrected chi connectivity index (χ1v) is 20.2. The first-order chi connectivity index (χ1) is 28.8. The first kappa shape index (κ1) is 48.8. The number of likely N-dealkylation sites (N-methyl/N-ethyl adjacent to an activating group) is 1. The van der Waals surface area contributed by atoms with Crippen LogP contribution in [0.2, 0.25) is 10.0 Å². The number of rotatable bonds is 16. The molecule has 0 bridgehead atoms. The Kier molecular flexibility index (Phi) is 20.5. The quantitative estimate of drug-likeness (QED) is 0.0336. The summed E-state index contributed by atoms with van der Waals surface area (Å²) in [6.45, 7) is 9.45. The van der Waals surface area contributed by atoms with E-state index in [1.807, 2.05) is 73.8 Å². The highest BCUT2D eigenvalue weighted by atomic mass is 35.5. The molecule has 60 heavy (non-hydrogen) atoms. The van der Waals surface area contributed by atoms with E-state index in [0.717, 1.165) is 71.4 Å². The van der Waals surface area contributed by atoms with Crippen molar-refractivity contribution in [1.29, 1.82) is 5.41 Å². The van der Waals surface area contributed by atoms with Gasteiger partial charge >= 0.3 is 6.03 Å². The predicted molar refractivity (Wildman–Crippen MR) is 240 cm³/mol. The Morgan fingerprint density at radius 2 is 1.60 bits per heavy atom. The summed E-state index contributed by atoms with van der Waals surface area (Å²) in [6, 6.07) is 23.0. The Balaban J connectivity index is 0.000000692. The molecule has 5 aromatic rings. The number of anilines is 2. The van der Waals surface area contributed by atoms with Crippen molar-refractivity contribution in [3.63, 3.8) is 0 Å². The van der Waals surface area contributed by atoms with Gasteiger partial charge in [0.1, 0.15) is 6.04 Å². The fourth-order valence-electron chi connectivity index (χ4n) is 6.18. The average molecular weight is 867 g/mol. The van der Waals surface area contributed by atoms with Gasteiger partial charge in [0.15, 0.2) is 11.6 Å². The monoisotopic (exact) mass is 865 g/mol. The number of aromatic nitrogens is 1.